The molecule has 0 aliphatic rings. The van der Waals surface area contributed by atoms with E-state index in [1.807, 2.05) is 55.9 Å². The molecule has 1 aromatic heterocycles. The topological polar surface area (TPSA) is 59.0 Å². The van der Waals surface area contributed by atoms with E-state index in [0.29, 0.717) is 21.6 Å². The fraction of sp³-hybridized carbons (Fsp3) is 0.304. The van der Waals surface area contributed by atoms with Crippen molar-refractivity contribution in [3.8, 4) is 11.1 Å². The zero-order valence-electron chi connectivity index (χ0n) is 17.6. The van der Waals surface area contributed by atoms with Crippen LogP contribution in [0.1, 0.15) is 42.3 Å². The number of carbonyl (C=O) groups is 1. The molecule has 158 valence electrons. The number of imidazole rings is 1. The Hall–Kier alpha value is -2.50. The molecule has 2 N–H and O–H groups in total. The van der Waals surface area contributed by atoms with Crippen LogP contribution < -0.4 is 10.6 Å². The van der Waals surface area contributed by atoms with Crippen LogP contribution in [0.5, 0.6) is 0 Å². The van der Waals surface area contributed by atoms with Gasteiger partial charge < -0.3 is 15.2 Å². The first-order valence-corrected chi connectivity index (χ1v) is 10.8. The van der Waals surface area contributed by atoms with E-state index in [-0.39, 0.29) is 5.91 Å². The van der Waals surface area contributed by atoms with E-state index in [1.165, 1.54) is 0 Å². The summed E-state index contributed by atoms with van der Waals surface area (Å²) in [5.74, 6) is 0.0932. The highest BCUT2D eigenvalue weighted by Gasteiger charge is 2.20. The molecule has 0 saturated heterocycles. The Morgan fingerprint density at radius 2 is 1.63 bits per heavy atom. The minimum Gasteiger partial charge on any atom is -0.387 e. The second-order valence-corrected chi connectivity index (χ2v) is 7.79. The summed E-state index contributed by atoms with van der Waals surface area (Å²) in [7, 11) is 3.70. The van der Waals surface area contributed by atoms with Crippen molar-refractivity contribution < 1.29 is 4.79 Å². The third-order valence-corrected chi connectivity index (χ3v) is 5.94. The summed E-state index contributed by atoms with van der Waals surface area (Å²) in [5, 5.41) is 6.99. The van der Waals surface area contributed by atoms with Crippen molar-refractivity contribution in [3.63, 3.8) is 0 Å². The van der Waals surface area contributed by atoms with Crippen molar-refractivity contribution in [1.82, 2.24) is 9.55 Å². The van der Waals surface area contributed by atoms with Gasteiger partial charge in [0.15, 0.2) is 5.82 Å². The standard InChI is InChI=1S/C23H26Cl2N4O/c1-5-9-19-16(6-2)27-22(29(19)4)23(30)28-18-13-8-11-15(21(18)25)14-10-7-12-17(26-3)20(14)24/h7-8,10-13,26H,5-6,9H2,1-4H3,(H,28,30). The first-order chi connectivity index (χ1) is 14.4. The van der Waals surface area contributed by atoms with Crippen LogP contribution in [0.3, 0.4) is 0 Å². The molecule has 3 rings (SSSR count). The van der Waals surface area contributed by atoms with Gasteiger partial charge >= 0.3 is 0 Å². The fourth-order valence-corrected chi connectivity index (χ4v) is 4.17. The summed E-state index contributed by atoms with van der Waals surface area (Å²) in [6, 6.07) is 11.2. The number of amides is 1. The average molecular weight is 445 g/mol. The Bertz CT molecular complexity index is 1080. The lowest BCUT2D eigenvalue weighted by Crippen LogP contribution is -2.18. The van der Waals surface area contributed by atoms with E-state index in [0.717, 1.165) is 47.5 Å². The number of anilines is 2. The smallest absolute Gasteiger partial charge is 0.291 e. The number of hydrogen-bond donors (Lipinski definition) is 2. The lowest BCUT2D eigenvalue weighted by Gasteiger charge is -2.14. The van der Waals surface area contributed by atoms with E-state index in [1.54, 1.807) is 6.07 Å². The third kappa shape index (κ3) is 4.18. The average Bonchev–Trinajstić information content (AvgIpc) is 3.06. The maximum atomic E-state index is 13.0. The molecular formula is C23H26Cl2N4O. The molecule has 0 spiro atoms. The number of aryl methyl sites for hydroxylation is 1. The van der Waals surface area contributed by atoms with Crippen LogP contribution in [0, 0.1) is 0 Å². The molecule has 1 heterocycles. The van der Waals surface area contributed by atoms with Crippen LogP contribution in [0.15, 0.2) is 36.4 Å². The van der Waals surface area contributed by atoms with Crippen LogP contribution in [0.2, 0.25) is 10.0 Å². The van der Waals surface area contributed by atoms with Gasteiger partial charge in [0.2, 0.25) is 0 Å². The van der Waals surface area contributed by atoms with Gasteiger partial charge in [-0.1, -0.05) is 67.7 Å². The van der Waals surface area contributed by atoms with Gasteiger partial charge in [-0.05, 0) is 25.0 Å². The van der Waals surface area contributed by atoms with Crippen molar-refractivity contribution in [2.24, 2.45) is 7.05 Å². The minimum absolute atomic E-state index is 0.288. The van der Waals surface area contributed by atoms with Gasteiger partial charge in [0.05, 0.1) is 27.1 Å². The van der Waals surface area contributed by atoms with Gasteiger partial charge in [-0.3, -0.25) is 4.79 Å². The van der Waals surface area contributed by atoms with Gasteiger partial charge in [0.1, 0.15) is 0 Å². The molecule has 0 fully saturated rings. The second kappa shape index (κ2) is 9.54. The van der Waals surface area contributed by atoms with Crippen molar-refractivity contribution in [2.45, 2.75) is 33.1 Å². The van der Waals surface area contributed by atoms with Crippen LogP contribution in [0.25, 0.3) is 11.1 Å². The molecule has 0 radical (unpaired) electrons. The maximum absolute atomic E-state index is 13.0. The van der Waals surface area contributed by atoms with Crippen LogP contribution in [0.4, 0.5) is 11.4 Å². The van der Waals surface area contributed by atoms with Gasteiger partial charge in [-0.25, -0.2) is 4.98 Å². The molecule has 1 amide bonds. The Morgan fingerprint density at radius 1 is 1.03 bits per heavy atom. The van der Waals surface area contributed by atoms with Gasteiger partial charge in [-0.15, -0.1) is 0 Å². The lowest BCUT2D eigenvalue weighted by atomic mass is 10.0. The fourth-order valence-electron chi connectivity index (χ4n) is 3.57. The van der Waals surface area contributed by atoms with E-state index >= 15 is 0 Å². The molecule has 0 bridgehead atoms. The number of benzene rings is 2. The molecule has 0 unspecified atom stereocenters. The molecule has 5 nitrogen and oxygen atoms in total. The number of aromatic nitrogens is 2. The SMILES string of the molecule is CCCc1c(CC)nc(C(=O)Nc2cccc(-c3cccc(NC)c3Cl)c2Cl)n1C. The van der Waals surface area contributed by atoms with Crippen molar-refractivity contribution >= 4 is 40.5 Å². The van der Waals surface area contributed by atoms with E-state index in [2.05, 4.69) is 22.5 Å². The summed E-state index contributed by atoms with van der Waals surface area (Å²) in [5.41, 5.74) is 4.92. The monoisotopic (exact) mass is 444 g/mol. The summed E-state index contributed by atoms with van der Waals surface area (Å²) < 4.78 is 1.88. The number of hydrogen-bond acceptors (Lipinski definition) is 3. The number of nitrogens with zero attached hydrogens (tertiary/aromatic N) is 2. The van der Waals surface area contributed by atoms with Crippen LogP contribution >= 0.6 is 23.2 Å². The molecule has 30 heavy (non-hydrogen) atoms. The largest absolute Gasteiger partial charge is 0.387 e. The number of rotatable bonds is 7. The number of carbonyl (C=O) groups excluding carboxylic acids is 1. The Morgan fingerprint density at radius 3 is 2.20 bits per heavy atom. The maximum Gasteiger partial charge on any atom is 0.291 e. The number of halogens is 2. The molecule has 0 aliphatic carbocycles. The normalized spacial score (nSPS) is 10.9. The number of nitrogens with one attached hydrogen (secondary N) is 2. The Kier molecular flexibility index (Phi) is 7.06. The molecule has 0 atom stereocenters. The second-order valence-electron chi connectivity index (χ2n) is 7.03. The Labute approximate surface area is 187 Å². The zero-order chi connectivity index (χ0) is 21.8. The summed E-state index contributed by atoms with van der Waals surface area (Å²) in [6.07, 6.45) is 2.66. The predicted octanol–water partition coefficient (Wildman–Crippen LogP) is 6.20. The van der Waals surface area contributed by atoms with Gasteiger partial charge in [0, 0.05) is 30.9 Å². The third-order valence-electron chi connectivity index (χ3n) is 5.13. The molecule has 0 saturated carbocycles. The van der Waals surface area contributed by atoms with Crippen LogP contribution in [-0.4, -0.2) is 22.5 Å². The highest BCUT2D eigenvalue weighted by molar-refractivity contribution is 6.39. The minimum atomic E-state index is -0.288. The highest BCUT2D eigenvalue weighted by atomic mass is 35.5. The van der Waals surface area contributed by atoms with Crippen molar-refractivity contribution in [3.05, 3.63) is 63.7 Å². The zero-order valence-corrected chi connectivity index (χ0v) is 19.2. The van der Waals surface area contributed by atoms with E-state index < -0.39 is 0 Å². The lowest BCUT2D eigenvalue weighted by molar-refractivity contribution is 0.101. The molecule has 2 aromatic carbocycles. The predicted molar refractivity (Wildman–Crippen MR) is 126 cm³/mol. The molecule has 3 aromatic rings. The summed E-state index contributed by atoms with van der Waals surface area (Å²) in [6.45, 7) is 4.16. The van der Waals surface area contributed by atoms with Crippen molar-refractivity contribution in [2.75, 3.05) is 17.7 Å². The quantitative estimate of drug-likeness (QED) is 0.455. The van der Waals surface area contributed by atoms with E-state index in [9.17, 15) is 4.79 Å². The van der Waals surface area contributed by atoms with E-state index in [4.69, 9.17) is 23.2 Å². The first-order valence-electron chi connectivity index (χ1n) is 10.0. The summed E-state index contributed by atoms with van der Waals surface area (Å²) >= 11 is 13.2. The van der Waals surface area contributed by atoms with Gasteiger partial charge in [-0.2, -0.15) is 0 Å². The first kappa shape index (κ1) is 22.2. The Balaban J connectivity index is 1.96. The molecular weight excluding hydrogens is 419 g/mol. The highest BCUT2D eigenvalue weighted by Crippen LogP contribution is 2.40. The van der Waals surface area contributed by atoms with Gasteiger partial charge in [0.25, 0.3) is 5.91 Å². The van der Waals surface area contributed by atoms with Crippen molar-refractivity contribution in [1.29, 1.82) is 0 Å². The van der Waals surface area contributed by atoms with Crippen LogP contribution in [-0.2, 0) is 19.9 Å². The summed E-state index contributed by atoms with van der Waals surface area (Å²) in [4.78, 5) is 17.6. The molecule has 7 heteroatoms. The molecule has 0 aliphatic heterocycles.